The number of methoxy groups -OCH3 is 1. The quantitative estimate of drug-likeness (QED) is 0.198. The van der Waals surface area contributed by atoms with E-state index in [-0.39, 0.29) is 6.04 Å². The van der Waals surface area contributed by atoms with Crippen molar-refractivity contribution < 1.29 is 4.74 Å². The van der Waals surface area contributed by atoms with E-state index in [0.717, 1.165) is 57.1 Å². The molecule has 1 aliphatic heterocycles. The van der Waals surface area contributed by atoms with Crippen LogP contribution in [-0.4, -0.2) is 52.7 Å². The molecule has 2 heterocycles. The number of ether oxygens (including phenoxy) is 1. The molecule has 0 bridgehead atoms. The number of hydrogen-bond acceptors (Lipinski definition) is 4. The zero-order valence-corrected chi connectivity index (χ0v) is 24.8. The van der Waals surface area contributed by atoms with E-state index < -0.39 is 0 Å². The van der Waals surface area contributed by atoms with Crippen LogP contribution in [0.5, 0.6) is 0 Å². The molecule has 0 saturated carbocycles. The third kappa shape index (κ3) is 6.34. The lowest BCUT2D eigenvalue weighted by Gasteiger charge is -2.42. The van der Waals surface area contributed by atoms with Gasteiger partial charge in [-0.15, -0.1) is 0 Å². The van der Waals surface area contributed by atoms with Crippen molar-refractivity contribution in [2.45, 2.75) is 52.4 Å². The monoisotopic (exact) mass is 556 g/mol. The number of halogens is 1. The predicted molar refractivity (Wildman–Crippen MR) is 165 cm³/mol. The third-order valence-corrected chi connectivity index (χ3v) is 8.43. The maximum atomic E-state index is 7.01. The van der Waals surface area contributed by atoms with Gasteiger partial charge in [-0.25, -0.2) is 4.98 Å². The average Bonchev–Trinajstić information content (AvgIpc) is 3.31. The zero-order valence-electron chi connectivity index (χ0n) is 24.0. The van der Waals surface area contributed by atoms with Gasteiger partial charge >= 0.3 is 0 Å². The molecule has 210 valence electrons. The van der Waals surface area contributed by atoms with Crippen molar-refractivity contribution in [2.75, 3.05) is 33.4 Å². The first-order valence-electron chi connectivity index (χ1n) is 14.5. The maximum Gasteiger partial charge on any atom is 0.152 e. The number of piperazine rings is 1. The number of hydrogen-bond donors (Lipinski definition) is 0. The first kappa shape index (κ1) is 28.6. The molecule has 5 nitrogen and oxygen atoms in total. The Morgan fingerprint density at radius 1 is 0.850 bits per heavy atom. The highest BCUT2D eigenvalue weighted by atomic mass is 35.5. The molecule has 1 fully saturated rings. The second kappa shape index (κ2) is 13.6. The van der Waals surface area contributed by atoms with E-state index in [2.05, 4.69) is 107 Å². The first-order valence-corrected chi connectivity index (χ1v) is 14.9. The maximum absolute atomic E-state index is 7.01. The Morgan fingerprint density at radius 2 is 1.52 bits per heavy atom. The van der Waals surface area contributed by atoms with E-state index in [9.17, 15) is 0 Å². The van der Waals surface area contributed by atoms with Crippen LogP contribution in [0.1, 0.15) is 47.8 Å². The highest BCUT2D eigenvalue weighted by molar-refractivity contribution is 6.30. The fourth-order valence-electron chi connectivity index (χ4n) is 5.99. The average molecular weight is 557 g/mol. The van der Waals surface area contributed by atoms with E-state index in [1.807, 2.05) is 0 Å². The molecule has 1 aromatic heterocycles. The molecule has 1 aliphatic rings. The normalized spacial score (nSPS) is 16.4. The molecule has 3 aromatic carbocycles. The van der Waals surface area contributed by atoms with Crippen LogP contribution < -0.4 is 0 Å². The smallest absolute Gasteiger partial charge is 0.152 e. The molecule has 0 N–H and O–H groups in total. The standard InChI is InChI=1S/C34H41ClN4O/c1-4-27-17-12-18-28(5-2)32(27)34-36-33(35)31(39(34)21-22-40-3)25-38-20-19-37(23-26-13-8-6-9-14-26)24-30(38)29-15-10-7-11-16-29/h6-18,30H,4-5,19-25H2,1-3H3/t30-/m0/s1. The highest BCUT2D eigenvalue weighted by Crippen LogP contribution is 2.35. The fraction of sp³-hybridized carbons (Fsp3) is 0.382. The van der Waals surface area contributed by atoms with Crippen LogP contribution in [0.4, 0.5) is 0 Å². The molecule has 6 heteroatoms. The third-order valence-electron chi connectivity index (χ3n) is 8.13. The van der Waals surface area contributed by atoms with E-state index >= 15 is 0 Å². The summed E-state index contributed by atoms with van der Waals surface area (Å²) in [7, 11) is 1.76. The Balaban J connectivity index is 1.49. The fourth-order valence-corrected chi connectivity index (χ4v) is 6.23. The van der Waals surface area contributed by atoms with Gasteiger partial charge in [0.15, 0.2) is 5.15 Å². The van der Waals surface area contributed by atoms with E-state index in [4.69, 9.17) is 21.3 Å². The van der Waals surface area contributed by atoms with Crippen LogP contribution in [0.25, 0.3) is 11.4 Å². The number of imidazole rings is 1. The van der Waals surface area contributed by atoms with Gasteiger partial charge in [-0.1, -0.05) is 104 Å². The van der Waals surface area contributed by atoms with Gasteiger partial charge in [0.1, 0.15) is 5.82 Å². The lowest BCUT2D eigenvalue weighted by atomic mass is 9.97. The van der Waals surface area contributed by atoms with Crippen molar-refractivity contribution >= 4 is 11.6 Å². The Morgan fingerprint density at radius 3 is 2.17 bits per heavy atom. The SMILES string of the molecule is CCc1cccc(CC)c1-c1nc(Cl)c(CN2CCN(Cc3ccccc3)C[C@H]2c2ccccc2)n1CCOC. The molecule has 1 saturated heterocycles. The van der Waals surface area contributed by atoms with Crippen molar-refractivity contribution in [3.8, 4) is 11.4 Å². The minimum atomic E-state index is 0.262. The van der Waals surface area contributed by atoms with Crippen molar-refractivity contribution in [1.29, 1.82) is 0 Å². The van der Waals surface area contributed by atoms with Crippen LogP contribution in [-0.2, 0) is 37.2 Å². The topological polar surface area (TPSA) is 33.5 Å². The van der Waals surface area contributed by atoms with Crippen molar-refractivity contribution in [3.63, 3.8) is 0 Å². The number of aryl methyl sites for hydroxylation is 2. The zero-order chi connectivity index (χ0) is 27.9. The Kier molecular flexibility index (Phi) is 9.71. The van der Waals surface area contributed by atoms with Gasteiger partial charge in [0.2, 0.25) is 0 Å². The molecule has 5 rings (SSSR count). The van der Waals surface area contributed by atoms with Crippen molar-refractivity contribution in [3.05, 3.63) is 112 Å². The molecular weight excluding hydrogens is 516 g/mol. The van der Waals surface area contributed by atoms with Gasteiger partial charge in [-0.2, -0.15) is 0 Å². The molecule has 0 spiro atoms. The lowest BCUT2D eigenvalue weighted by Crippen LogP contribution is -2.47. The second-order valence-electron chi connectivity index (χ2n) is 10.6. The minimum absolute atomic E-state index is 0.262. The van der Waals surface area contributed by atoms with Gasteiger partial charge in [0.05, 0.1) is 12.3 Å². The Labute approximate surface area is 244 Å². The van der Waals surface area contributed by atoms with Crippen LogP contribution in [0.3, 0.4) is 0 Å². The van der Waals surface area contributed by atoms with Gasteiger partial charge in [0, 0.05) is 58.0 Å². The summed E-state index contributed by atoms with van der Waals surface area (Å²) in [5.74, 6) is 0.963. The molecule has 40 heavy (non-hydrogen) atoms. The molecule has 0 radical (unpaired) electrons. The molecule has 0 amide bonds. The Hall–Kier alpha value is -2.96. The predicted octanol–water partition coefficient (Wildman–Crippen LogP) is 7.03. The highest BCUT2D eigenvalue weighted by Gasteiger charge is 2.31. The molecule has 1 atom stereocenters. The molecule has 4 aromatic rings. The summed E-state index contributed by atoms with van der Waals surface area (Å²) in [6.07, 6.45) is 1.90. The van der Waals surface area contributed by atoms with E-state index in [0.29, 0.717) is 18.3 Å². The van der Waals surface area contributed by atoms with Gasteiger partial charge in [0.25, 0.3) is 0 Å². The van der Waals surface area contributed by atoms with Gasteiger partial charge in [-0.05, 0) is 35.1 Å². The summed E-state index contributed by atoms with van der Waals surface area (Å²) in [6.45, 7) is 10.4. The summed E-state index contributed by atoms with van der Waals surface area (Å²) in [4.78, 5) is 10.2. The number of benzene rings is 3. The first-order chi connectivity index (χ1) is 19.6. The minimum Gasteiger partial charge on any atom is -0.383 e. The Bertz CT molecular complexity index is 1350. The summed E-state index contributed by atoms with van der Waals surface area (Å²) < 4.78 is 7.87. The summed E-state index contributed by atoms with van der Waals surface area (Å²) in [5.41, 5.74) is 7.60. The van der Waals surface area contributed by atoms with Gasteiger partial charge in [-0.3, -0.25) is 9.80 Å². The number of aromatic nitrogens is 2. The summed E-state index contributed by atoms with van der Waals surface area (Å²) in [6, 6.07) is 28.5. The van der Waals surface area contributed by atoms with Gasteiger partial charge < -0.3 is 9.30 Å². The van der Waals surface area contributed by atoms with Crippen molar-refractivity contribution in [2.24, 2.45) is 0 Å². The van der Waals surface area contributed by atoms with Crippen LogP contribution in [0, 0.1) is 0 Å². The number of rotatable bonds is 11. The van der Waals surface area contributed by atoms with Crippen LogP contribution in [0.15, 0.2) is 78.9 Å². The van der Waals surface area contributed by atoms with Crippen LogP contribution >= 0.6 is 11.6 Å². The van der Waals surface area contributed by atoms with Crippen LogP contribution in [0.2, 0.25) is 5.15 Å². The van der Waals surface area contributed by atoms with E-state index in [1.165, 1.54) is 27.8 Å². The summed E-state index contributed by atoms with van der Waals surface area (Å²) >= 11 is 7.01. The largest absolute Gasteiger partial charge is 0.383 e. The second-order valence-corrected chi connectivity index (χ2v) is 11.0. The lowest BCUT2D eigenvalue weighted by molar-refractivity contribution is 0.0615. The van der Waals surface area contributed by atoms with Crippen molar-refractivity contribution in [1.82, 2.24) is 19.4 Å². The number of nitrogens with zero attached hydrogens (tertiary/aromatic N) is 4. The molecule has 0 unspecified atom stereocenters. The molecule has 0 aliphatic carbocycles. The summed E-state index contributed by atoms with van der Waals surface area (Å²) in [5, 5.41) is 0.595. The van der Waals surface area contributed by atoms with E-state index in [1.54, 1.807) is 7.11 Å². The molecular formula is C34H41ClN4O.